The number of quaternary nitrogens is 1. The van der Waals surface area contributed by atoms with Gasteiger partial charge in [-0.05, 0) is 57.8 Å². The van der Waals surface area contributed by atoms with E-state index in [0.717, 1.165) is 57.8 Å². The lowest BCUT2D eigenvalue weighted by Crippen LogP contribution is -2.37. The van der Waals surface area contributed by atoms with Crippen molar-refractivity contribution in [2.75, 3.05) is 47.5 Å². The van der Waals surface area contributed by atoms with Crippen molar-refractivity contribution in [3.8, 4) is 0 Å². The zero-order chi connectivity index (χ0) is 40.7. The number of likely N-dealkylation sites (N-methyl/N-ethyl adjacent to an activating group) is 1. The number of ether oxygens (including phenoxy) is 2. The molecule has 0 aromatic heterocycles. The summed E-state index contributed by atoms with van der Waals surface area (Å²) in [7, 11) is 1.14. The van der Waals surface area contributed by atoms with Crippen LogP contribution >= 0.6 is 7.82 Å². The van der Waals surface area contributed by atoms with Gasteiger partial charge in [-0.2, -0.15) is 0 Å². The smallest absolute Gasteiger partial charge is 0.306 e. The van der Waals surface area contributed by atoms with Crippen molar-refractivity contribution >= 4 is 19.8 Å². The lowest BCUT2D eigenvalue weighted by molar-refractivity contribution is -0.870. The van der Waals surface area contributed by atoms with Crippen LogP contribution in [0.2, 0.25) is 0 Å². The number of hydrogen-bond acceptors (Lipinski definition) is 8. The minimum Gasteiger partial charge on any atom is -0.756 e. The lowest BCUT2D eigenvalue weighted by Gasteiger charge is -2.28. The highest BCUT2D eigenvalue weighted by Gasteiger charge is 2.21. The van der Waals surface area contributed by atoms with E-state index >= 15 is 0 Å². The summed E-state index contributed by atoms with van der Waals surface area (Å²) in [6.07, 6.45) is 42.8. The molecule has 2 atom stereocenters. The molecule has 0 aromatic rings. The quantitative estimate of drug-likeness (QED) is 0.0199. The second kappa shape index (κ2) is 37.5. The number of unbranched alkanes of at least 4 members (excludes halogenated alkanes) is 17. The Morgan fingerprint density at radius 2 is 0.982 bits per heavy atom. The van der Waals surface area contributed by atoms with Gasteiger partial charge in [-0.15, -0.1) is 0 Å². The predicted octanol–water partition coefficient (Wildman–Crippen LogP) is 11.7. The first kappa shape index (κ1) is 53.0. The first-order valence-corrected chi connectivity index (χ1v) is 23.3. The summed E-state index contributed by atoms with van der Waals surface area (Å²) >= 11 is 0. The molecule has 10 heteroatoms. The lowest BCUT2D eigenvalue weighted by atomic mass is 10.0. The zero-order valence-electron chi connectivity index (χ0n) is 35.9. The van der Waals surface area contributed by atoms with E-state index < -0.39 is 32.5 Å². The third kappa shape index (κ3) is 41.4. The van der Waals surface area contributed by atoms with Crippen LogP contribution in [0, 0.1) is 0 Å². The topological polar surface area (TPSA) is 111 Å². The van der Waals surface area contributed by atoms with Crippen molar-refractivity contribution < 1.29 is 42.1 Å². The Kier molecular flexibility index (Phi) is 36.2. The molecule has 0 saturated heterocycles. The van der Waals surface area contributed by atoms with Crippen molar-refractivity contribution in [1.82, 2.24) is 0 Å². The fourth-order valence-corrected chi connectivity index (χ4v) is 6.37. The van der Waals surface area contributed by atoms with Gasteiger partial charge in [0.15, 0.2) is 6.10 Å². The number of carbonyl (C=O) groups is 2. The molecule has 0 aromatic carbocycles. The van der Waals surface area contributed by atoms with Crippen LogP contribution in [0.4, 0.5) is 0 Å². The second-order valence-electron chi connectivity index (χ2n) is 15.7. The number of phosphoric acid groups is 1. The third-order valence-corrected chi connectivity index (χ3v) is 10.1. The zero-order valence-corrected chi connectivity index (χ0v) is 36.8. The minimum absolute atomic E-state index is 0.0366. The van der Waals surface area contributed by atoms with Crippen LogP contribution in [0.25, 0.3) is 0 Å². The molecule has 55 heavy (non-hydrogen) atoms. The van der Waals surface area contributed by atoms with E-state index in [2.05, 4.69) is 62.5 Å². The van der Waals surface area contributed by atoms with Crippen LogP contribution in [-0.2, 0) is 32.7 Å². The molecule has 0 amide bonds. The highest BCUT2D eigenvalue weighted by Crippen LogP contribution is 2.38. The summed E-state index contributed by atoms with van der Waals surface area (Å²) in [5.41, 5.74) is 0. The van der Waals surface area contributed by atoms with E-state index in [1.54, 1.807) is 0 Å². The Morgan fingerprint density at radius 1 is 0.564 bits per heavy atom. The number of phosphoric ester groups is 1. The molecular formula is C45H82NO8P. The summed E-state index contributed by atoms with van der Waals surface area (Å²) in [4.78, 5) is 37.5. The van der Waals surface area contributed by atoms with Crippen LogP contribution in [0.5, 0.6) is 0 Å². The van der Waals surface area contributed by atoms with Gasteiger partial charge >= 0.3 is 11.9 Å². The van der Waals surface area contributed by atoms with E-state index in [9.17, 15) is 19.0 Å². The first-order chi connectivity index (χ1) is 26.5. The van der Waals surface area contributed by atoms with Crippen LogP contribution in [0.15, 0.2) is 48.6 Å². The van der Waals surface area contributed by atoms with Crippen LogP contribution in [-0.4, -0.2) is 70.0 Å². The number of esters is 2. The Hall–Kier alpha value is -2.03. The number of nitrogens with zero attached hydrogens (tertiary/aromatic N) is 1. The fraction of sp³-hybridized carbons (Fsp3) is 0.778. The molecule has 1 unspecified atom stereocenters. The molecule has 0 heterocycles. The number of allylic oxidation sites excluding steroid dienone is 8. The average Bonchev–Trinajstić information content (AvgIpc) is 3.13. The summed E-state index contributed by atoms with van der Waals surface area (Å²) < 4.78 is 33.8. The predicted molar refractivity (Wildman–Crippen MR) is 227 cm³/mol. The molecule has 0 spiro atoms. The first-order valence-electron chi connectivity index (χ1n) is 21.8. The van der Waals surface area contributed by atoms with E-state index in [4.69, 9.17) is 18.5 Å². The second-order valence-corrected chi connectivity index (χ2v) is 17.1. The van der Waals surface area contributed by atoms with Gasteiger partial charge in [0, 0.05) is 12.8 Å². The number of hydrogen-bond donors (Lipinski definition) is 0. The van der Waals surface area contributed by atoms with Crippen molar-refractivity contribution in [1.29, 1.82) is 0 Å². The average molecular weight is 796 g/mol. The third-order valence-electron chi connectivity index (χ3n) is 9.10. The van der Waals surface area contributed by atoms with Crippen LogP contribution in [0.3, 0.4) is 0 Å². The summed E-state index contributed by atoms with van der Waals surface area (Å²) in [6.45, 7) is 4.15. The van der Waals surface area contributed by atoms with Gasteiger partial charge < -0.3 is 27.9 Å². The maximum absolute atomic E-state index is 12.6. The number of carbonyl (C=O) groups excluding carboxylic acids is 2. The molecule has 320 valence electrons. The summed E-state index contributed by atoms with van der Waals surface area (Å²) in [6, 6.07) is 0. The highest BCUT2D eigenvalue weighted by molar-refractivity contribution is 7.45. The molecule has 0 aliphatic carbocycles. The molecule has 0 fully saturated rings. The minimum atomic E-state index is -4.63. The normalized spacial score (nSPS) is 14.1. The van der Waals surface area contributed by atoms with E-state index in [1.165, 1.54) is 77.0 Å². The van der Waals surface area contributed by atoms with Crippen LogP contribution < -0.4 is 4.89 Å². The van der Waals surface area contributed by atoms with E-state index in [1.807, 2.05) is 21.1 Å². The van der Waals surface area contributed by atoms with Crippen molar-refractivity contribution in [2.45, 2.75) is 180 Å². The molecule has 0 saturated carbocycles. The SMILES string of the molecule is CCCCC/C=C/C/C=C/C/C=C/C/C=C/CCCCCC(=O)OC[C@@H](COP(=O)([O-])OCC[N+](C)(C)C)OC(=O)CCCCCCCCCCCCCC. The summed E-state index contributed by atoms with van der Waals surface area (Å²) in [5, 5.41) is 0. The van der Waals surface area contributed by atoms with Gasteiger partial charge in [0.25, 0.3) is 7.82 Å². The molecule has 0 bridgehead atoms. The molecule has 0 aliphatic rings. The van der Waals surface area contributed by atoms with Gasteiger partial charge in [0.1, 0.15) is 19.8 Å². The Balaban J connectivity index is 4.41. The monoisotopic (exact) mass is 796 g/mol. The Bertz CT molecular complexity index is 1080. The Labute approximate surface area is 337 Å². The standard InChI is InChI=1S/C45H82NO8P/c1-6-8-10-12-14-16-18-20-21-22-23-24-25-26-28-29-31-33-35-37-44(47)51-41-43(42-53-55(49,50)52-40-39-46(3,4)5)54-45(48)38-36-34-32-30-27-19-17-15-13-11-9-7-2/h14,16,20-21,23-24,26,28,43H,6-13,15,17-19,22,25,27,29-42H2,1-5H3/b16-14+,21-20+,24-23+,28-26+/t43-/m0/s1. The van der Waals surface area contributed by atoms with E-state index in [-0.39, 0.29) is 26.1 Å². The van der Waals surface area contributed by atoms with Crippen molar-refractivity contribution in [3.63, 3.8) is 0 Å². The maximum Gasteiger partial charge on any atom is 0.306 e. The Morgan fingerprint density at radius 3 is 1.49 bits per heavy atom. The van der Waals surface area contributed by atoms with Crippen LogP contribution in [0.1, 0.15) is 174 Å². The maximum atomic E-state index is 12.6. The van der Waals surface area contributed by atoms with Gasteiger partial charge in [0.05, 0.1) is 27.7 Å². The highest BCUT2D eigenvalue weighted by atomic mass is 31.2. The fourth-order valence-electron chi connectivity index (χ4n) is 5.64. The molecule has 9 nitrogen and oxygen atoms in total. The van der Waals surface area contributed by atoms with Gasteiger partial charge in [-0.1, -0.05) is 152 Å². The van der Waals surface area contributed by atoms with Gasteiger partial charge in [-0.3, -0.25) is 14.2 Å². The van der Waals surface area contributed by atoms with Gasteiger partial charge in [-0.25, -0.2) is 0 Å². The molecule has 0 radical (unpaired) electrons. The molecule has 0 rings (SSSR count). The number of rotatable bonds is 39. The summed E-state index contributed by atoms with van der Waals surface area (Å²) in [5.74, 6) is -0.871. The van der Waals surface area contributed by atoms with Crippen molar-refractivity contribution in [2.24, 2.45) is 0 Å². The molecule has 0 aliphatic heterocycles. The molecular weight excluding hydrogens is 713 g/mol. The molecule has 0 N–H and O–H groups in total. The van der Waals surface area contributed by atoms with Gasteiger partial charge in [0.2, 0.25) is 0 Å². The van der Waals surface area contributed by atoms with Crippen molar-refractivity contribution in [3.05, 3.63) is 48.6 Å². The van der Waals surface area contributed by atoms with E-state index in [0.29, 0.717) is 23.9 Å². The largest absolute Gasteiger partial charge is 0.756 e.